The maximum Gasteiger partial charge on any atom is 0.407 e. The molecule has 198 valence electrons. The molecule has 4 rings (SSSR count). The van der Waals surface area contributed by atoms with Crippen LogP contribution in [0.15, 0.2) is 78.9 Å². The first kappa shape index (κ1) is 26.9. The molecule has 0 saturated heterocycles. The van der Waals surface area contributed by atoms with Gasteiger partial charge in [0.15, 0.2) is 0 Å². The molecular formula is C31H34N2O5. The molecule has 0 fully saturated rings. The Balaban J connectivity index is 1.32. The molecule has 0 radical (unpaired) electrons. The number of hydrogen-bond donors (Lipinski definition) is 1. The predicted molar refractivity (Wildman–Crippen MR) is 146 cm³/mol. The van der Waals surface area contributed by atoms with Crippen molar-refractivity contribution in [3.05, 3.63) is 95.6 Å². The molecule has 7 heteroatoms. The van der Waals surface area contributed by atoms with E-state index in [-0.39, 0.29) is 37.4 Å². The highest BCUT2D eigenvalue weighted by Gasteiger charge is 2.30. The van der Waals surface area contributed by atoms with Gasteiger partial charge in [0.25, 0.3) is 0 Å². The number of nitrogens with zero attached hydrogens (tertiary/aromatic N) is 1. The number of likely N-dealkylation sites (N-methyl/N-ethyl adjacent to an activating group) is 1. The summed E-state index contributed by atoms with van der Waals surface area (Å²) in [4.78, 5) is 39.4. The Bertz CT molecular complexity index is 1230. The molecule has 0 heterocycles. The molecule has 1 aliphatic carbocycles. The van der Waals surface area contributed by atoms with E-state index in [0.717, 1.165) is 16.7 Å². The number of amides is 2. The lowest BCUT2D eigenvalue weighted by Gasteiger charge is -2.29. The van der Waals surface area contributed by atoms with Crippen LogP contribution in [0.5, 0.6) is 0 Å². The number of carbonyl (C=O) groups is 3. The topological polar surface area (TPSA) is 84.9 Å². The van der Waals surface area contributed by atoms with Crippen LogP contribution in [-0.4, -0.2) is 56.2 Å². The molecule has 2 amide bonds. The van der Waals surface area contributed by atoms with Gasteiger partial charge in [-0.05, 0) is 41.2 Å². The lowest BCUT2D eigenvalue weighted by molar-refractivity contribution is -0.147. The first-order valence-electron chi connectivity index (χ1n) is 12.8. The number of ether oxygens (including phenoxy) is 2. The Labute approximate surface area is 223 Å². The second-order valence-corrected chi connectivity index (χ2v) is 9.67. The van der Waals surface area contributed by atoms with Crippen molar-refractivity contribution in [1.82, 2.24) is 10.2 Å². The first-order valence-corrected chi connectivity index (χ1v) is 12.8. The molecule has 2 atom stereocenters. The second kappa shape index (κ2) is 12.4. The van der Waals surface area contributed by atoms with Crippen LogP contribution >= 0.6 is 0 Å². The van der Waals surface area contributed by atoms with Crippen LogP contribution in [-0.2, 0) is 25.5 Å². The van der Waals surface area contributed by atoms with Crippen LogP contribution in [0.3, 0.4) is 0 Å². The van der Waals surface area contributed by atoms with Crippen LogP contribution in [0.4, 0.5) is 4.79 Å². The number of nitrogens with one attached hydrogen (secondary N) is 1. The summed E-state index contributed by atoms with van der Waals surface area (Å²) in [6, 6.07) is 25.6. The van der Waals surface area contributed by atoms with E-state index in [2.05, 4.69) is 29.6 Å². The largest absolute Gasteiger partial charge is 0.469 e. The van der Waals surface area contributed by atoms with E-state index in [9.17, 15) is 14.4 Å². The molecule has 7 nitrogen and oxygen atoms in total. The lowest BCUT2D eigenvalue weighted by Crippen LogP contribution is -2.46. The predicted octanol–water partition coefficient (Wildman–Crippen LogP) is 4.79. The third-order valence-electron chi connectivity index (χ3n) is 7.21. The van der Waals surface area contributed by atoms with Crippen LogP contribution in [0.2, 0.25) is 0 Å². The van der Waals surface area contributed by atoms with Gasteiger partial charge < -0.3 is 19.7 Å². The van der Waals surface area contributed by atoms with E-state index < -0.39 is 18.0 Å². The number of fused-ring (bicyclic) bond motifs is 3. The third kappa shape index (κ3) is 6.22. The number of methoxy groups -OCH3 is 1. The van der Waals surface area contributed by atoms with Crippen molar-refractivity contribution in [2.75, 3.05) is 27.3 Å². The molecule has 0 unspecified atom stereocenters. The summed E-state index contributed by atoms with van der Waals surface area (Å²) < 4.78 is 10.4. The van der Waals surface area contributed by atoms with Gasteiger partial charge >= 0.3 is 12.1 Å². The molecule has 3 aromatic rings. The summed E-state index contributed by atoms with van der Waals surface area (Å²) in [5.41, 5.74) is 5.60. The standard InChI is InChI=1S/C31H34N2O5/c1-21(33(2)30(35)23(18-29(34)37-3)17-22-11-5-4-6-12-22)19-32-31(36)38-20-28-26-15-9-7-13-24(26)25-14-8-10-16-27(25)28/h4-16,21,23,28H,17-20H2,1-3H3,(H,32,36)/t21-,23+/m0/s1. The van der Waals surface area contributed by atoms with Gasteiger partial charge in [-0.3, -0.25) is 9.59 Å². The summed E-state index contributed by atoms with van der Waals surface area (Å²) in [5.74, 6) is -1.20. The molecule has 0 aromatic heterocycles. The molecule has 0 saturated carbocycles. The Kier molecular flexibility index (Phi) is 8.79. The normalized spacial score (nSPS) is 13.6. The van der Waals surface area contributed by atoms with Gasteiger partial charge in [-0.2, -0.15) is 0 Å². The van der Waals surface area contributed by atoms with Crippen molar-refractivity contribution >= 4 is 18.0 Å². The van der Waals surface area contributed by atoms with Gasteiger partial charge in [0.05, 0.1) is 19.4 Å². The van der Waals surface area contributed by atoms with E-state index in [1.807, 2.05) is 61.5 Å². The number of carbonyl (C=O) groups excluding carboxylic acids is 3. The quantitative estimate of drug-likeness (QED) is 0.393. The van der Waals surface area contributed by atoms with E-state index in [1.54, 1.807) is 11.9 Å². The first-order chi connectivity index (χ1) is 18.4. The van der Waals surface area contributed by atoms with Crippen molar-refractivity contribution in [2.45, 2.75) is 31.7 Å². The molecule has 0 aliphatic heterocycles. The molecule has 3 aromatic carbocycles. The highest BCUT2D eigenvalue weighted by atomic mass is 16.5. The van der Waals surface area contributed by atoms with Crippen molar-refractivity contribution in [3.8, 4) is 11.1 Å². The maximum absolute atomic E-state index is 13.3. The summed E-state index contributed by atoms with van der Waals surface area (Å²) in [7, 11) is 3.00. The zero-order chi connectivity index (χ0) is 27.1. The smallest absolute Gasteiger partial charge is 0.407 e. The third-order valence-corrected chi connectivity index (χ3v) is 7.21. The van der Waals surface area contributed by atoms with E-state index in [0.29, 0.717) is 6.42 Å². The van der Waals surface area contributed by atoms with Crippen LogP contribution < -0.4 is 5.32 Å². The van der Waals surface area contributed by atoms with Crippen molar-refractivity contribution in [3.63, 3.8) is 0 Å². The number of esters is 1. The summed E-state index contributed by atoms with van der Waals surface area (Å²) in [6.45, 7) is 2.29. The van der Waals surface area contributed by atoms with Gasteiger partial charge in [0.2, 0.25) is 5.91 Å². The molecular weight excluding hydrogens is 480 g/mol. The molecule has 38 heavy (non-hydrogen) atoms. The number of alkyl carbamates (subject to hydrolysis) is 1. The van der Waals surface area contributed by atoms with Crippen molar-refractivity contribution in [2.24, 2.45) is 5.92 Å². The SMILES string of the molecule is COC(=O)C[C@@H](Cc1ccccc1)C(=O)N(C)[C@@H](C)CNC(=O)OCC1c2ccccc2-c2ccccc21. The highest BCUT2D eigenvalue weighted by Crippen LogP contribution is 2.44. The average Bonchev–Trinajstić information content (AvgIpc) is 3.27. The van der Waals surface area contributed by atoms with Crippen molar-refractivity contribution in [1.29, 1.82) is 0 Å². The number of rotatable bonds is 10. The minimum atomic E-state index is -0.563. The number of hydrogen-bond acceptors (Lipinski definition) is 5. The highest BCUT2D eigenvalue weighted by molar-refractivity contribution is 5.84. The van der Waals surface area contributed by atoms with Gasteiger partial charge in [-0.15, -0.1) is 0 Å². The Morgan fingerprint density at radius 1 is 0.895 bits per heavy atom. The Morgan fingerprint density at radius 3 is 2.08 bits per heavy atom. The van der Waals surface area contributed by atoms with Gasteiger partial charge in [0, 0.05) is 25.6 Å². The fourth-order valence-corrected chi connectivity index (χ4v) is 4.95. The van der Waals surface area contributed by atoms with E-state index in [4.69, 9.17) is 9.47 Å². The number of benzene rings is 3. The fourth-order valence-electron chi connectivity index (χ4n) is 4.95. The summed E-state index contributed by atoms with van der Waals surface area (Å²) >= 11 is 0. The minimum absolute atomic E-state index is 0.0128. The minimum Gasteiger partial charge on any atom is -0.469 e. The molecule has 1 N–H and O–H groups in total. The molecule has 0 spiro atoms. The zero-order valence-electron chi connectivity index (χ0n) is 22.1. The van der Waals surface area contributed by atoms with Gasteiger partial charge in [-0.1, -0.05) is 78.9 Å². The second-order valence-electron chi connectivity index (χ2n) is 9.67. The van der Waals surface area contributed by atoms with Crippen molar-refractivity contribution < 1.29 is 23.9 Å². The van der Waals surface area contributed by atoms with Crippen LogP contribution in [0.25, 0.3) is 11.1 Å². The van der Waals surface area contributed by atoms with Crippen LogP contribution in [0, 0.1) is 5.92 Å². The maximum atomic E-state index is 13.3. The van der Waals surface area contributed by atoms with Gasteiger partial charge in [-0.25, -0.2) is 4.79 Å². The Morgan fingerprint density at radius 2 is 1.47 bits per heavy atom. The fraction of sp³-hybridized carbons (Fsp3) is 0.323. The Hall–Kier alpha value is -4.13. The van der Waals surface area contributed by atoms with Gasteiger partial charge in [0.1, 0.15) is 6.61 Å². The molecule has 0 bridgehead atoms. The van der Waals surface area contributed by atoms with Crippen LogP contribution in [0.1, 0.15) is 36.0 Å². The summed E-state index contributed by atoms with van der Waals surface area (Å²) in [5, 5.41) is 2.78. The average molecular weight is 515 g/mol. The lowest BCUT2D eigenvalue weighted by atomic mass is 9.94. The monoisotopic (exact) mass is 514 g/mol. The molecule has 1 aliphatic rings. The van der Waals surface area contributed by atoms with E-state index >= 15 is 0 Å². The summed E-state index contributed by atoms with van der Waals surface area (Å²) in [6.07, 6.45) is -0.123. The zero-order valence-corrected chi connectivity index (χ0v) is 22.1. The van der Waals surface area contributed by atoms with E-state index in [1.165, 1.54) is 18.2 Å².